The Balaban J connectivity index is 2.67. The van der Waals surface area contributed by atoms with Crippen LogP contribution in [0, 0.1) is 5.82 Å². The Morgan fingerprint density at radius 1 is 1.39 bits per heavy atom. The molecule has 100 valence electrons. The highest BCUT2D eigenvalue weighted by atomic mass is 32.2. The molecule has 0 saturated heterocycles. The Hall–Kier alpha value is -1.43. The van der Waals surface area contributed by atoms with Crippen molar-refractivity contribution in [2.45, 2.75) is 12.8 Å². The highest BCUT2D eigenvalue weighted by Crippen LogP contribution is 2.18. The Labute approximate surface area is 106 Å². The second-order valence-electron chi connectivity index (χ2n) is 4.00. The lowest BCUT2D eigenvalue weighted by Gasteiger charge is -2.04. The van der Waals surface area contributed by atoms with Crippen LogP contribution < -0.4 is 4.74 Å². The van der Waals surface area contributed by atoms with E-state index in [0.717, 1.165) is 12.3 Å². The van der Waals surface area contributed by atoms with Crippen molar-refractivity contribution in [2.75, 3.05) is 19.1 Å². The molecule has 0 atom stereocenters. The molecule has 18 heavy (non-hydrogen) atoms. The van der Waals surface area contributed by atoms with Crippen LogP contribution in [-0.4, -0.2) is 33.3 Å². The van der Waals surface area contributed by atoms with Gasteiger partial charge in [0.05, 0.1) is 18.4 Å². The van der Waals surface area contributed by atoms with Crippen molar-refractivity contribution in [3.8, 4) is 5.75 Å². The predicted octanol–water partition coefficient (Wildman–Crippen LogP) is 1.84. The first-order valence-electron chi connectivity index (χ1n) is 5.38. The van der Waals surface area contributed by atoms with E-state index >= 15 is 0 Å². The van der Waals surface area contributed by atoms with E-state index in [1.54, 1.807) is 0 Å². The average molecular weight is 274 g/mol. The minimum Gasteiger partial charge on any atom is -0.497 e. The van der Waals surface area contributed by atoms with E-state index in [9.17, 15) is 17.6 Å². The summed E-state index contributed by atoms with van der Waals surface area (Å²) in [5.41, 5.74) is -0.0377. The molecule has 0 saturated carbocycles. The van der Waals surface area contributed by atoms with E-state index in [0.29, 0.717) is 5.75 Å². The maximum Gasteiger partial charge on any atom is 0.165 e. The number of rotatable bonds is 6. The molecule has 0 bridgehead atoms. The number of carbonyl (C=O) groups excluding carboxylic acids is 1. The van der Waals surface area contributed by atoms with Gasteiger partial charge in [-0.2, -0.15) is 0 Å². The molecule has 0 amide bonds. The van der Waals surface area contributed by atoms with Crippen molar-refractivity contribution in [1.29, 1.82) is 0 Å². The van der Waals surface area contributed by atoms with Gasteiger partial charge in [-0.3, -0.25) is 4.79 Å². The lowest BCUT2D eigenvalue weighted by Crippen LogP contribution is -2.08. The van der Waals surface area contributed by atoms with Crippen molar-refractivity contribution >= 4 is 15.6 Å². The molecule has 0 aliphatic heterocycles. The first-order chi connectivity index (χ1) is 8.33. The van der Waals surface area contributed by atoms with Gasteiger partial charge in [0.1, 0.15) is 21.4 Å². The van der Waals surface area contributed by atoms with E-state index in [1.165, 1.54) is 19.2 Å². The third-order valence-electron chi connectivity index (χ3n) is 2.40. The van der Waals surface area contributed by atoms with Crippen LogP contribution in [0.25, 0.3) is 0 Å². The molecular formula is C12H15FO4S. The molecule has 1 aromatic carbocycles. The standard InChI is InChI=1S/C12H15FO4S/c1-17-9-5-6-10(11(13)8-9)12(14)4-3-7-18(2,15)16/h5-6,8H,3-4,7H2,1-2H3. The molecule has 0 N–H and O–H groups in total. The molecule has 4 nitrogen and oxygen atoms in total. The number of benzene rings is 1. The highest BCUT2D eigenvalue weighted by Gasteiger charge is 2.13. The van der Waals surface area contributed by atoms with E-state index in [4.69, 9.17) is 4.74 Å². The minimum absolute atomic E-state index is 0.0102. The van der Waals surface area contributed by atoms with Crippen LogP contribution in [0.3, 0.4) is 0 Å². The summed E-state index contributed by atoms with van der Waals surface area (Å²) >= 11 is 0. The molecule has 0 radical (unpaired) electrons. The first kappa shape index (κ1) is 14.6. The van der Waals surface area contributed by atoms with Gasteiger partial charge in [0, 0.05) is 18.7 Å². The van der Waals surface area contributed by atoms with Crippen molar-refractivity contribution in [1.82, 2.24) is 0 Å². The van der Waals surface area contributed by atoms with Gasteiger partial charge in [0.15, 0.2) is 5.78 Å². The number of methoxy groups -OCH3 is 1. The fourth-order valence-electron chi connectivity index (χ4n) is 1.48. The zero-order chi connectivity index (χ0) is 13.8. The fourth-order valence-corrected chi connectivity index (χ4v) is 2.15. The quantitative estimate of drug-likeness (QED) is 0.743. The molecule has 0 aliphatic carbocycles. The van der Waals surface area contributed by atoms with Gasteiger partial charge in [0.25, 0.3) is 0 Å². The molecule has 0 heterocycles. The van der Waals surface area contributed by atoms with Crippen LogP contribution in [0.2, 0.25) is 0 Å². The average Bonchev–Trinajstić information content (AvgIpc) is 2.26. The molecule has 0 unspecified atom stereocenters. The summed E-state index contributed by atoms with van der Waals surface area (Å²) in [6.07, 6.45) is 1.31. The fraction of sp³-hybridized carbons (Fsp3) is 0.417. The zero-order valence-corrected chi connectivity index (χ0v) is 11.1. The first-order valence-corrected chi connectivity index (χ1v) is 7.44. The molecule has 0 aliphatic rings. The van der Waals surface area contributed by atoms with Crippen LogP contribution in [-0.2, 0) is 9.84 Å². The van der Waals surface area contributed by atoms with Crippen molar-refractivity contribution in [3.05, 3.63) is 29.6 Å². The van der Waals surface area contributed by atoms with Crippen LogP contribution in [0.4, 0.5) is 4.39 Å². The molecule has 0 spiro atoms. The van der Waals surface area contributed by atoms with Gasteiger partial charge in [0.2, 0.25) is 0 Å². The zero-order valence-electron chi connectivity index (χ0n) is 10.3. The van der Waals surface area contributed by atoms with E-state index < -0.39 is 21.4 Å². The maximum absolute atomic E-state index is 13.5. The van der Waals surface area contributed by atoms with E-state index in [1.807, 2.05) is 0 Å². The molecule has 0 fully saturated rings. The molecule has 1 rings (SSSR count). The minimum atomic E-state index is -3.09. The number of ketones is 1. The Kier molecular flexibility index (Phi) is 4.84. The lowest BCUT2D eigenvalue weighted by molar-refractivity contribution is 0.0978. The lowest BCUT2D eigenvalue weighted by atomic mass is 10.1. The van der Waals surface area contributed by atoms with Crippen LogP contribution in [0.1, 0.15) is 23.2 Å². The van der Waals surface area contributed by atoms with Gasteiger partial charge in [-0.1, -0.05) is 0 Å². The highest BCUT2D eigenvalue weighted by molar-refractivity contribution is 7.90. The summed E-state index contributed by atoms with van der Waals surface area (Å²) in [6, 6.07) is 3.97. The predicted molar refractivity (Wildman–Crippen MR) is 66.2 cm³/mol. The van der Waals surface area contributed by atoms with Gasteiger partial charge in [-0.15, -0.1) is 0 Å². The maximum atomic E-state index is 13.5. The van der Waals surface area contributed by atoms with Crippen LogP contribution >= 0.6 is 0 Å². The number of carbonyl (C=O) groups is 1. The second-order valence-corrected chi connectivity index (χ2v) is 6.26. The van der Waals surface area contributed by atoms with Crippen molar-refractivity contribution in [2.24, 2.45) is 0 Å². The summed E-state index contributed by atoms with van der Waals surface area (Å²) in [5, 5.41) is 0. The SMILES string of the molecule is COc1ccc(C(=O)CCCS(C)(=O)=O)c(F)c1. The molecule has 0 aromatic heterocycles. The third kappa shape index (κ3) is 4.44. The topological polar surface area (TPSA) is 60.4 Å². The summed E-state index contributed by atoms with van der Waals surface area (Å²) in [7, 11) is -1.68. The smallest absolute Gasteiger partial charge is 0.165 e. The summed E-state index contributed by atoms with van der Waals surface area (Å²) < 4.78 is 40.2. The monoisotopic (exact) mass is 274 g/mol. The largest absolute Gasteiger partial charge is 0.497 e. The van der Waals surface area contributed by atoms with Crippen molar-refractivity contribution in [3.63, 3.8) is 0 Å². The molecule has 1 aromatic rings. The number of Topliss-reactive ketones (excluding diaryl/α,β-unsaturated/α-hetero) is 1. The Morgan fingerprint density at radius 3 is 2.56 bits per heavy atom. The van der Waals surface area contributed by atoms with Crippen LogP contribution in [0.5, 0.6) is 5.75 Å². The number of ether oxygens (including phenoxy) is 1. The Bertz CT molecular complexity index is 537. The summed E-state index contributed by atoms with van der Waals surface area (Å²) in [5.74, 6) is -0.797. The summed E-state index contributed by atoms with van der Waals surface area (Å²) in [6.45, 7) is 0. The van der Waals surface area contributed by atoms with Crippen molar-refractivity contribution < 1.29 is 22.3 Å². The van der Waals surface area contributed by atoms with Gasteiger partial charge >= 0.3 is 0 Å². The normalized spacial score (nSPS) is 11.3. The number of sulfone groups is 1. The second kappa shape index (κ2) is 5.95. The number of hydrogen-bond acceptors (Lipinski definition) is 4. The Morgan fingerprint density at radius 2 is 2.06 bits per heavy atom. The van der Waals surface area contributed by atoms with Gasteiger partial charge < -0.3 is 4.74 Å². The molecular weight excluding hydrogens is 259 g/mol. The van der Waals surface area contributed by atoms with E-state index in [2.05, 4.69) is 0 Å². The third-order valence-corrected chi connectivity index (χ3v) is 3.43. The van der Waals surface area contributed by atoms with Gasteiger partial charge in [-0.05, 0) is 18.6 Å². The van der Waals surface area contributed by atoms with E-state index in [-0.39, 0.29) is 24.2 Å². The number of hydrogen-bond donors (Lipinski definition) is 0. The van der Waals surface area contributed by atoms with Crippen LogP contribution in [0.15, 0.2) is 18.2 Å². The van der Waals surface area contributed by atoms with Gasteiger partial charge in [-0.25, -0.2) is 12.8 Å². The summed E-state index contributed by atoms with van der Waals surface area (Å²) in [4.78, 5) is 11.7. The number of halogens is 1. The molecule has 6 heteroatoms.